The van der Waals surface area contributed by atoms with Crippen LogP contribution in [0.5, 0.6) is 0 Å². The zero-order chi connectivity index (χ0) is 41.0. The molecule has 9 rings (SSSR count). The molecule has 310 valence electrons. The molecule has 1 unspecified atom stereocenters. The van der Waals surface area contributed by atoms with Gasteiger partial charge in [-0.1, -0.05) is 91.0 Å². The number of imidazole rings is 2. The van der Waals surface area contributed by atoms with Gasteiger partial charge in [-0.05, 0) is 78.7 Å². The van der Waals surface area contributed by atoms with Gasteiger partial charge in [-0.3, -0.25) is 14.9 Å². The predicted molar refractivity (Wildman–Crippen MR) is 222 cm³/mol. The number of rotatable bonds is 12. The lowest BCUT2D eigenvalue weighted by atomic mass is 9.83. The fourth-order valence-electron chi connectivity index (χ4n) is 9.03. The van der Waals surface area contributed by atoms with E-state index in [1.54, 1.807) is 0 Å². The monoisotopic (exact) mass is 810 g/mol. The minimum Gasteiger partial charge on any atom is -0.453 e. The summed E-state index contributed by atoms with van der Waals surface area (Å²) in [5, 5.41) is 5.95. The number of H-pyrrole nitrogens is 2. The topological polar surface area (TPSA) is 167 Å². The van der Waals surface area contributed by atoms with E-state index in [0.29, 0.717) is 24.6 Å². The lowest BCUT2D eigenvalue weighted by molar-refractivity contribution is -0.335. The van der Waals surface area contributed by atoms with Crippen molar-refractivity contribution >= 4 is 23.5 Å². The normalized spacial score (nSPS) is 21.6. The van der Waals surface area contributed by atoms with Crippen LogP contribution in [-0.2, 0) is 23.8 Å². The lowest BCUT2D eigenvalue weighted by Crippen LogP contribution is -2.50. The third-order valence-corrected chi connectivity index (χ3v) is 12.3. The van der Waals surface area contributed by atoms with Crippen LogP contribution in [0.15, 0.2) is 103 Å². The van der Waals surface area contributed by atoms with Gasteiger partial charge in [0.15, 0.2) is 6.79 Å². The summed E-state index contributed by atoms with van der Waals surface area (Å²) in [6.07, 6.45) is 11.0. The number of likely N-dealkylation sites (tertiary alicyclic amines) is 2. The van der Waals surface area contributed by atoms with Gasteiger partial charge in [0.25, 0.3) is 5.91 Å². The molecule has 2 aromatic heterocycles. The summed E-state index contributed by atoms with van der Waals surface area (Å²) in [6, 6.07) is 25.8. The predicted octanol–water partition coefficient (Wildman–Crippen LogP) is 7.19. The van der Waals surface area contributed by atoms with Gasteiger partial charge in [-0.25, -0.2) is 14.8 Å². The van der Waals surface area contributed by atoms with E-state index >= 15 is 0 Å². The molecule has 14 heteroatoms. The number of allylic oxidation sites excluding steroid dienone is 2. The molecule has 3 aliphatic heterocycles. The maximum absolute atomic E-state index is 14.0. The number of benzene rings is 3. The van der Waals surface area contributed by atoms with Crippen molar-refractivity contribution in [1.29, 1.82) is 0 Å². The zero-order valence-electron chi connectivity index (χ0n) is 33.6. The van der Waals surface area contributed by atoms with Gasteiger partial charge in [-0.15, -0.1) is 0 Å². The molecule has 60 heavy (non-hydrogen) atoms. The van der Waals surface area contributed by atoms with Crippen molar-refractivity contribution < 1.29 is 28.6 Å². The summed E-state index contributed by atoms with van der Waals surface area (Å²) in [5.74, 6) is 1.72. The Morgan fingerprint density at radius 3 is 1.90 bits per heavy atom. The van der Waals surface area contributed by atoms with Crippen LogP contribution in [0.3, 0.4) is 0 Å². The van der Waals surface area contributed by atoms with Gasteiger partial charge < -0.3 is 39.3 Å². The van der Waals surface area contributed by atoms with E-state index in [4.69, 9.17) is 24.2 Å². The van der Waals surface area contributed by atoms with E-state index in [1.165, 1.54) is 18.2 Å². The molecular formula is C46H50N8O6. The molecule has 3 aromatic carbocycles. The molecule has 3 fully saturated rings. The van der Waals surface area contributed by atoms with Crippen LogP contribution in [0, 0.1) is 0 Å². The molecular weight excluding hydrogens is 761 g/mol. The van der Waals surface area contributed by atoms with E-state index in [0.717, 1.165) is 79.1 Å². The first-order chi connectivity index (χ1) is 29.4. The molecule has 0 radical (unpaired) electrons. The summed E-state index contributed by atoms with van der Waals surface area (Å²) in [7, 11) is 1.29. The highest BCUT2D eigenvalue weighted by molar-refractivity contribution is 5.87. The van der Waals surface area contributed by atoms with E-state index in [9.17, 15) is 14.4 Å². The molecule has 0 bridgehead atoms. The molecule has 0 saturated carbocycles. The molecule has 1 aliphatic carbocycles. The minimum atomic E-state index is -0.858. The number of hydrogen-bond acceptors (Lipinski definition) is 9. The zero-order valence-corrected chi connectivity index (χ0v) is 33.6. The third kappa shape index (κ3) is 8.22. The maximum atomic E-state index is 14.0. The first kappa shape index (κ1) is 39.4. The summed E-state index contributed by atoms with van der Waals surface area (Å²) in [4.78, 5) is 60.6. The number of nitrogens with one attached hydrogen (secondary N) is 4. The number of methoxy groups -OCH3 is 1. The van der Waals surface area contributed by atoms with E-state index < -0.39 is 24.6 Å². The fraction of sp³-hybridized carbons (Fsp3) is 0.370. The van der Waals surface area contributed by atoms with Crippen molar-refractivity contribution in [2.45, 2.75) is 81.4 Å². The molecule has 14 nitrogen and oxygen atoms in total. The van der Waals surface area contributed by atoms with Crippen molar-refractivity contribution in [2.75, 3.05) is 27.0 Å². The Balaban J connectivity index is 0.830. The van der Waals surface area contributed by atoms with Crippen LogP contribution >= 0.6 is 0 Å². The van der Waals surface area contributed by atoms with E-state index in [-0.39, 0.29) is 30.7 Å². The molecule has 5 heterocycles. The fourth-order valence-corrected chi connectivity index (χ4v) is 9.03. The Bertz CT molecular complexity index is 2310. The van der Waals surface area contributed by atoms with Crippen LogP contribution in [0.2, 0.25) is 0 Å². The number of carbonyl (C=O) groups excluding carboxylic acids is 3. The summed E-state index contributed by atoms with van der Waals surface area (Å²) in [5.41, 5.74) is 7.03. The number of aromatic amines is 2. The average molecular weight is 811 g/mol. The summed E-state index contributed by atoms with van der Waals surface area (Å²) < 4.78 is 15.7. The molecule has 5 aromatic rings. The van der Waals surface area contributed by atoms with E-state index in [1.807, 2.05) is 82.9 Å². The summed E-state index contributed by atoms with van der Waals surface area (Å²) >= 11 is 0. The minimum absolute atomic E-state index is 0.0289. The van der Waals surface area contributed by atoms with Gasteiger partial charge in [-0.2, -0.15) is 0 Å². The van der Waals surface area contributed by atoms with Crippen LogP contribution in [0.25, 0.3) is 16.8 Å². The highest BCUT2D eigenvalue weighted by Crippen LogP contribution is 2.39. The highest BCUT2D eigenvalue weighted by atomic mass is 16.9. The van der Waals surface area contributed by atoms with Crippen molar-refractivity contribution in [3.05, 3.63) is 137 Å². The highest BCUT2D eigenvalue weighted by Gasteiger charge is 2.39. The second-order valence-electron chi connectivity index (χ2n) is 15.8. The molecule has 5 atom stereocenters. The Kier molecular flexibility index (Phi) is 11.6. The second kappa shape index (κ2) is 17.6. The van der Waals surface area contributed by atoms with Crippen LogP contribution in [-0.4, -0.2) is 81.0 Å². The van der Waals surface area contributed by atoms with Crippen molar-refractivity contribution in [1.82, 2.24) is 40.4 Å². The Morgan fingerprint density at radius 1 is 0.750 bits per heavy atom. The van der Waals surface area contributed by atoms with Crippen LogP contribution < -0.4 is 10.6 Å². The number of nitrogens with zero attached hydrogens (tertiary/aromatic N) is 4. The van der Waals surface area contributed by atoms with Crippen LogP contribution in [0.4, 0.5) is 4.79 Å². The van der Waals surface area contributed by atoms with Crippen molar-refractivity contribution in [3.63, 3.8) is 0 Å². The van der Waals surface area contributed by atoms with Crippen molar-refractivity contribution in [3.8, 4) is 11.3 Å². The lowest BCUT2D eigenvalue weighted by Gasteiger charge is -2.34. The largest absolute Gasteiger partial charge is 0.453 e. The second-order valence-corrected chi connectivity index (χ2v) is 15.8. The van der Waals surface area contributed by atoms with Gasteiger partial charge >= 0.3 is 6.09 Å². The summed E-state index contributed by atoms with van der Waals surface area (Å²) in [6.45, 7) is 1.45. The number of amides is 3. The van der Waals surface area contributed by atoms with Crippen molar-refractivity contribution in [2.24, 2.45) is 0 Å². The third-order valence-electron chi connectivity index (χ3n) is 12.3. The SMILES string of the molecule is COC(=O)N[C@@H](C(=O)N1CCC[C@H]1c1ncc(C2=CCC(c3ccc(-c4cnc([C@@H]5CCCN5C(=O)[C@H](NC5OCO5)c5ccccc5)[nH]4)cc3)CC2)[nH]1)c1ccccc1. The molecule has 4 N–H and O–H groups in total. The Labute approximate surface area is 348 Å². The van der Waals surface area contributed by atoms with Gasteiger partial charge in [0, 0.05) is 13.1 Å². The quantitative estimate of drug-likeness (QED) is 0.102. The van der Waals surface area contributed by atoms with Gasteiger partial charge in [0.1, 0.15) is 23.7 Å². The van der Waals surface area contributed by atoms with Gasteiger partial charge in [0.2, 0.25) is 12.3 Å². The number of ether oxygens (including phenoxy) is 3. The standard InChI is InChI=1S/C46H50N8O6/c1-58-45(57)51-39(33-10-4-2-5-11-33)43(55)53-24-8-14-37(53)41-47-26-35(49-41)31-20-16-29(17-21-31)30-18-22-32(23-19-30)36-27-48-42(50-36)38-15-9-25-54(38)44(56)40(52-46-59-28-60-46)34-12-6-3-7-13-34/h2-7,10-13,18-20,22-23,26-27,29,37-40,46,52H,8-9,14-17,21,24-25,28H2,1H3,(H,47,49)(H,48,50)(H,51,57)/t29?,37-,38-,39+,40+/m0/s1. The maximum Gasteiger partial charge on any atom is 0.407 e. The smallest absolute Gasteiger partial charge is 0.407 e. The number of hydrogen-bond donors (Lipinski definition) is 4. The first-order valence-corrected chi connectivity index (χ1v) is 20.9. The Hall–Kier alpha value is -6.09. The first-order valence-electron chi connectivity index (χ1n) is 20.9. The number of aromatic nitrogens is 4. The average Bonchev–Trinajstić information content (AvgIpc) is 4.13. The molecule has 3 saturated heterocycles. The molecule has 4 aliphatic rings. The Morgan fingerprint density at radius 2 is 1.33 bits per heavy atom. The van der Waals surface area contributed by atoms with Crippen LogP contribution in [0.1, 0.15) is 109 Å². The van der Waals surface area contributed by atoms with E-state index in [2.05, 4.69) is 50.9 Å². The number of alkyl carbamates (subject to hydrolysis) is 1. The molecule has 3 amide bonds. The van der Waals surface area contributed by atoms with Gasteiger partial charge in [0.05, 0.1) is 43.0 Å². The molecule has 0 spiro atoms. The number of carbonyl (C=O) groups is 3.